The third-order valence-electron chi connectivity index (χ3n) is 2.36. The molecule has 0 saturated carbocycles. The van der Waals surface area contributed by atoms with E-state index in [4.69, 9.17) is 58.0 Å². The maximum atomic E-state index is 6.22. The molecule has 0 atom stereocenters. The van der Waals surface area contributed by atoms with Gasteiger partial charge in [-0.2, -0.15) is 0 Å². The van der Waals surface area contributed by atoms with Crippen LogP contribution in [0.25, 0.3) is 0 Å². The van der Waals surface area contributed by atoms with Crippen molar-refractivity contribution in [3.05, 3.63) is 56.0 Å². The Balaban J connectivity index is 2.46. The predicted octanol–water partition coefficient (Wildman–Crippen LogP) is 7.19. The van der Waals surface area contributed by atoms with Crippen LogP contribution in [0.5, 0.6) is 0 Å². The van der Waals surface area contributed by atoms with Gasteiger partial charge in [0.15, 0.2) is 0 Å². The van der Waals surface area contributed by atoms with E-state index < -0.39 is 0 Å². The van der Waals surface area contributed by atoms with Crippen LogP contribution in [0.1, 0.15) is 5.56 Å². The Morgan fingerprint density at radius 1 is 0.947 bits per heavy atom. The lowest BCUT2D eigenvalue weighted by Crippen LogP contribution is -1.87. The topological polar surface area (TPSA) is 0 Å². The summed E-state index contributed by atoms with van der Waals surface area (Å²) in [6.45, 7) is 0. The summed E-state index contributed by atoms with van der Waals surface area (Å²) in [5.41, 5.74) is 0.861. The molecule has 2 aromatic carbocycles. The van der Waals surface area contributed by atoms with E-state index in [0.29, 0.717) is 26.0 Å². The van der Waals surface area contributed by atoms with Crippen LogP contribution in [0.2, 0.25) is 20.1 Å². The second-order valence-corrected chi connectivity index (χ2v) is 6.61. The van der Waals surface area contributed by atoms with Gasteiger partial charge in [-0.15, -0.1) is 11.6 Å². The van der Waals surface area contributed by atoms with Crippen LogP contribution >= 0.6 is 69.8 Å². The van der Waals surface area contributed by atoms with Crippen LogP contribution in [0, 0.1) is 0 Å². The molecule has 0 aliphatic carbocycles. The van der Waals surface area contributed by atoms with Crippen molar-refractivity contribution in [3.8, 4) is 0 Å². The number of alkyl halides is 1. The summed E-state index contributed by atoms with van der Waals surface area (Å²) in [4.78, 5) is 1.66. The highest BCUT2D eigenvalue weighted by molar-refractivity contribution is 7.99. The zero-order valence-corrected chi connectivity index (χ0v) is 14.0. The standard InChI is InChI=1S/C13H7Cl5S/c14-6-7-4-8(15)5-10(17)13(7)19-11-3-1-2-9(16)12(11)18/h1-5H,6H2. The lowest BCUT2D eigenvalue weighted by Gasteiger charge is -2.11. The molecule has 2 rings (SSSR count). The molecule has 0 fully saturated rings. The number of halogens is 5. The highest BCUT2D eigenvalue weighted by Gasteiger charge is 2.13. The van der Waals surface area contributed by atoms with Crippen molar-refractivity contribution >= 4 is 69.8 Å². The van der Waals surface area contributed by atoms with E-state index in [1.54, 1.807) is 18.2 Å². The van der Waals surface area contributed by atoms with Crippen LogP contribution in [-0.4, -0.2) is 0 Å². The van der Waals surface area contributed by atoms with Crippen molar-refractivity contribution < 1.29 is 0 Å². The molecule has 0 N–H and O–H groups in total. The highest BCUT2D eigenvalue weighted by Crippen LogP contribution is 2.42. The van der Waals surface area contributed by atoms with Gasteiger partial charge in [0.1, 0.15) is 0 Å². The number of benzene rings is 2. The average Bonchev–Trinajstić information content (AvgIpc) is 2.37. The molecule has 0 nitrogen and oxygen atoms in total. The average molecular weight is 373 g/mol. The zero-order valence-electron chi connectivity index (χ0n) is 9.39. The third-order valence-corrected chi connectivity index (χ3v) is 5.45. The minimum atomic E-state index is 0.320. The predicted molar refractivity (Wildman–Crippen MR) is 86.6 cm³/mol. The normalized spacial score (nSPS) is 10.8. The van der Waals surface area contributed by atoms with Gasteiger partial charge in [-0.25, -0.2) is 0 Å². The van der Waals surface area contributed by atoms with E-state index in [9.17, 15) is 0 Å². The summed E-state index contributed by atoms with van der Waals surface area (Å²) >= 11 is 31.7. The fourth-order valence-electron chi connectivity index (χ4n) is 1.50. The van der Waals surface area contributed by atoms with Gasteiger partial charge in [0.25, 0.3) is 0 Å². The molecule has 0 radical (unpaired) electrons. The molecule has 0 aromatic heterocycles. The van der Waals surface area contributed by atoms with E-state index in [1.165, 1.54) is 11.8 Å². The molecule has 2 aromatic rings. The fourth-order valence-corrected chi connectivity index (χ4v) is 3.90. The van der Waals surface area contributed by atoms with E-state index in [1.807, 2.05) is 12.1 Å². The largest absolute Gasteiger partial charge is 0.122 e. The van der Waals surface area contributed by atoms with Gasteiger partial charge >= 0.3 is 0 Å². The highest BCUT2D eigenvalue weighted by atomic mass is 35.5. The Morgan fingerprint density at radius 2 is 1.68 bits per heavy atom. The van der Waals surface area contributed by atoms with Crippen molar-refractivity contribution in [2.75, 3.05) is 0 Å². The molecule has 19 heavy (non-hydrogen) atoms. The molecule has 0 aliphatic heterocycles. The molecule has 0 heterocycles. The second-order valence-electron chi connectivity index (χ2n) is 3.66. The number of rotatable bonds is 3. The van der Waals surface area contributed by atoms with Gasteiger partial charge in [-0.3, -0.25) is 0 Å². The molecule has 0 bridgehead atoms. The third kappa shape index (κ3) is 3.66. The Hall–Kier alpha value is 0.240. The lowest BCUT2D eigenvalue weighted by atomic mass is 10.2. The molecule has 0 spiro atoms. The van der Waals surface area contributed by atoms with Crippen molar-refractivity contribution in [2.24, 2.45) is 0 Å². The summed E-state index contributed by atoms with van der Waals surface area (Å²) < 4.78 is 0. The second kappa shape index (κ2) is 6.80. The Bertz CT molecular complexity index is 612. The summed E-state index contributed by atoms with van der Waals surface area (Å²) in [5.74, 6) is 0.320. The molecule has 0 amide bonds. The Kier molecular flexibility index (Phi) is 5.59. The maximum Gasteiger partial charge on any atom is 0.0731 e. The fraction of sp³-hybridized carbons (Fsp3) is 0.0769. The zero-order chi connectivity index (χ0) is 14.0. The first-order valence-corrected chi connectivity index (χ1v) is 8.05. The minimum Gasteiger partial charge on any atom is -0.122 e. The molecule has 0 unspecified atom stereocenters. The van der Waals surface area contributed by atoms with Gasteiger partial charge < -0.3 is 0 Å². The Labute approximate surface area is 140 Å². The monoisotopic (exact) mass is 370 g/mol. The van der Waals surface area contributed by atoms with E-state index in [2.05, 4.69) is 0 Å². The lowest BCUT2D eigenvalue weighted by molar-refractivity contribution is 1.25. The summed E-state index contributed by atoms with van der Waals surface area (Å²) in [5, 5.41) is 2.11. The van der Waals surface area contributed by atoms with E-state index in [0.717, 1.165) is 15.4 Å². The van der Waals surface area contributed by atoms with Gasteiger partial charge in [0.05, 0.1) is 15.1 Å². The minimum absolute atomic E-state index is 0.320. The molecule has 0 aliphatic rings. The summed E-state index contributed by atoms with van der Waals surface area (Å²) in [6, 6.07) is 8.92. The SMILES string of the molecule is ClCc1cc(Cl)cc(Cl)c1Sc1cccc(Cl)c1Cl. The Morgan fingerprint density at radius 3 is 2.37 bits per heavy atom. The number of hydrogen-bond acceptors (Lipinski definition) is 1. The molecular formula is C13H7Cl5S. The summed E-state index contributed by atoms with van der Waals surface area (Å²) in [7, 11) is 0. The molecule has 0 saturated heterocycles. The van der Waals surface area contributed by atoms with Gasteiger partial charge in [-0.05, 0) is 29.8 Å². The van der Waals surface area contributed by atoms with Crippen LogP contribution in [-0.2, 0) is 5.88 Å². The van der Waals surface area contributed by atoms with Crippen LogP contribution < -0.4 is 0 Å². The number of hydrogen-bond donors (Lipinski definition) is 0. The van der Waals surface area contributed by atoms with Gasteiger partial charge in [0.2, 0.25) is 0 Å². The molecule has 100 valence electrons. The maximum absolute atomic E-state index is 6.22. The van der Waals surface area contributed by atoms with Crippen molar-refractivity contribution in [1.82, 2.24) is 0 Å². The van der Waals surface area contributed by atoms with Crippen molar-refractivity contribution in [1.29, 1.82) is 0 Å². The van der Waals surface area contributed by atoms with Crippen LogP contribution in [0.3, 0.4) is 0 Å². The summed E-state index contributed by atoms with van der Waals surface area (Å²) in [6.07, 6.45) is 0. The molecule has 6 heteroatoms. The van der Waals surface area contributed by atoms with Gasteiger partial charge in [0, 0.05) is 20.7 Å². The van der Waals surface area contributed by atoms with Gasteiger partial charge in [-0.1, -0.05) is 64.2 Å². The molecular weight excluding hydrogens is 365 g/mol. The van der Waals surface area contributed by atoms with Crippen molar-refractivity contribution in [2.45, 2.75) is 15.7 Å². The van der Waals surface area contributed by atoms with Crippen molar-refractivity contribution in [3.63, 3.8) is 0 Å². The smallest absolute Gasteiger partial charge is 0.0731 e. The van der Waals surface area contributed by atoms with Crippen LogP contribution in [0.4, 0.5) is 0 Å². The quantitative estimate of drug-likeness (QED) is 0.514. The first-order chi connectivity index (χ1) is 9.02. The first-order valence-electron chi connectivity index (χ1n) is 5.18. The van der Waals surface area contributed by atoms with Crippen LogP contribution in [0.15, 0.2) is 40.1 Å². The van der Waals surface area contributed by atoms with E-state index in [-0.39, 0.29) is 0 Å². The van der Waals surface area contributed by atoms with E-state index >= 15 is 0 Å². The first kappa shape index (κ1) is 15.6.